The Balaban J connectivity index is 3.17. The van der Waals surface area contributed by atoms with Crippen molar-refractivity contribution in [2.24, 2.45) is 5.92 Å². The molecule has 0 saturated carbocycles. The van der Waals surface area contributed by atoms with Crippen molar-refractivity contribution in [2.45, 2.75) is 19.9 Å². The molecule has 0 aliphatic heterocycles. The average molecular weight is 249 g/mol. The number of nitrogens with zero attached hydrogens (tertiary/aromatic N) is 2. The molecule has 96 valence electrons. The highest BCUT2D eigenvalue weighted by Crippen LogP contribution is 2.29. The first-order chi connectivity index (χ1) is 8.51. The molecular weight excluding hydrogens is 234 g/mol. The lowest BCUT2D eigenvalue weighted by Gasteiger charge is -2.21. The van der Waals surface area contributed by atoms with Gasteiger partial charge in [-0.05, 0) is 18.1 Å². The van der Waals surface area contributed by atoms with Gasteiger partial charge >= 0.3 is 5.69 Å². The SMILES string of the molecule is CC(C)[C@@H](CO)Nc1cccc(C#N)c1[N+](=O)[O-]. The molecule has 0 spiro atoms. The van der Waals surface area contributed by atoms with Crippen molar-refractivity contribution in [1.29, 1.82) is 5.26 Å². The minimum Gasteiger partial charge on any atom is -0.394 e. The van der Waals surface area contributed by atoms with Gasteiger partial charge in [-0.15, -0.1) is 0 Å². The van der Waals surface area contributed by atoms with Crippen LogP contribution in [0, 0.1) is 27.4 Å². The summed E-state index contributed by atoms with van der Waals surface area (Å²) in [5, 5.41) is 32.0. The van der Waals surface area contributed by atoms with Crippen LogP contribution in [0.25, 0.3) is 0 Å². The second-order valence-corrected chi connectivity index (χ2v) is 4.25. The number of benzene rings is 1. The number of nitrogens with one attached hydrogen (secondary N) is 1. The van der Waals surface area contributed by atoms with Crippen LogP contribution < -0.4 is 5.32 Å². The summed E-state index contributed by atoms with van der Waals surface area (Å²) in [5.41, 5.74) is 0.0105. The standard InChI is InChI=1S/C12H15N3O3/c1-8(2)11(7-16)14-10-5-3-4-9(6-13)12(10)15(17)18/h3-5,8,11,14,16H,7H2,1-2H3/t11-/m1/s1. The summed E-state index contributed by atoms with van der Waals surface area (Å²) in [6.07, 6.45) is 0. The second kappa shape index (κ2) is 5.98. The summed E-state index contributed by atoms with van der Waals surface area (Å²) in [5.74, 6) is 0.111. The molecule has 2 N–H and O–H groups in total. The lowest BCUT2D eigenvalue weighted by molar-refractivity contribution is -0.384. The van der Waals surface area contributed by atoms with Crippen LogP contribution in [-0.4, -0.2) is 22.7 Å². The maximum atomic E-state index is 11.0. The number of nitro groups is 1. The average Bonchev–Trinajstić information content (AvgIpc) is 2.34. The summed E-state index contributed by atoms with van der Waals surface area (Å²) in [4.78, 5) is 10.4. The molecule has 0 aliphatic carbocycles. The summed E-state index contributed by atoms with van der Waals surface area (Å²) in [6.45, 7) is 3.66. The molecule has 1 atom stereocenters. The van der Waals surface area contributed by atoms with Crippen molar-refractivity contribution in [2.75, 3.05) is 11.9 Å². The molecule has 18 heavy (non-hydrogen) atoms. The van der Waals surface area contributed by atoms with Gasteiger partial charge < -0.3 is 10.4 Å². The van der Waals surface area contributed by atoms with Gasteiger partial charge in [-0.3, -0.25) is 10.1 Å². The molecular formula is C12H15N3O3. The van der Waals surface area contributed by atoms with Crippen molar-refractivity contribution in [1.82, 2.24) is 0 Å². The Morgan fingerprint density at radius 2 is 2.22 bits per heavy atom. The van der Waals surface area contributed by atoms with E-state index in [1.807, 2.05) is 13.8 Å². The number of rotatable bonds is 5. The number of nitriles is 1. The Labute approximate surface area is 105 Å². The lowest BCUT2D eigenvalue weighted by atomic mass is 10.0. The van der Waals surface area contributed by atoms with Crippen LogP contribution in [0.2, 0.25) is 0 Å². The first-order valence-corrected chi connectivity index (χ1v) is 5.56. The number of para-hydroxylation sites is 1. The molecule has 6 nitrogen and oxygen atoms in total. The number of hydrogen-bond donors (Lipinski definition) is 2. The van der Waals surface area contributed by atoms with Crippen LogP contribution in [0.5, 0.6) is 0 Å². The van der Waals surface area contributed by atoms with Gasteiger partial charge in [0.2, 0.25) is 0 Å². The minimum absolute atomic E-state index is 0.00504. The summed E-state index contributed by atoms with van der Waals surface area (Å²) in [6, 6.07) is 6.00. The van der Waals surface area contributed by atoms with E-state index in [9.17, 15) is 15.2 Å². The Morgan fingerprint density at radius 3 is 2.67 bits per heavy atom. The van der Waals surface area contributed by atoms with Gasteiger partial charge in [0.1, 0.15) is 17.3 Å². The Kier molecular flexibility index (Phi) is 4.63. The van der Waals surface area contributed by atoms with E-state index < -0.39 is 4.92 Å². The van der Waals surface area contributed by atoms with E-state index in [4.69, 9.17) is 5.26 Å². The van der Waals surface area contributed by atoms with Crippen molar-refractivity contribution in [3.05, 3.63) is 33.9 Å². The second-order valence-electron chi connectivity index (χ2n) is 4.25. The van der Waals surface area contributed by atoms with Crippen molar-refractivity contribution in [3.8, 4) is 6.07 Å². The lowest BCUT2D eigenvalue weighted by Crippen LogP contribution is -2.29. The van der Waals surface area contributed by atoms with E-state index in [2.05, 4.69) is 5.32 Å². The number of aliphatic hydroxyl groups is 1. The maximum absolute atomic E-state index is 11.0. The van der Waals surface area contributed by atoms with Crippen LogP contribution in [0.4, 0.5) is 11.4 Å². The molecule has 6 heteroatoms. The molecule has 0 fully saturated rings. The van der Waals surface area contributed by atoms with Gasteiger partial charge in [-0.25, -0.2) is 0 Å². The van der Waals surface area contributed by atoms with Gasteiger partial charge in [0.05, 0.1) is 17.6 Å². The zero-order valence-electron chi connectivity index (χ0n) is 10.3. The van der Waals surface area contributed by atoms with Gasteiger partial charge in [0.15, 0.2) is 0 Å². The summed E-state index contributed by atoms with van der Waals surface area (Å²) >= 11 is 0. The fourth-order valence-corrected chi connectivity index (χ4v) is 1.57. The Bertz CT molecular complexity index is 480. The summed E-state index contributed by atoms with van der Waals surface area (Å²) < 4.78 is 0. The van der Waals surface area contributed by atoms with Gasteiger partial charge in [-0.2, -0.15) is 5.26 Å². The zero-order chi connectivity index (χ0) is 13.7. The fraction of sp³-hybridized carbons (Fsp3) is 0.417. The zero-order valence-corrected chi connectivity index (χ0v) is 10.3. The quantitative estimate of drug-likeness (QED) is 0.613. The first kappa shape index (κ1) is 13.9. The highest BCUT2D eigenvalue weighted by Gasteiger charge is 2.22. The smallest absolute Gasteiger partial charge is 0.309 e. The highest BCUT2D eigenvalue weighted by molar-refractivity contribution is 5.68. The van der Waals surface area contributed by atoms with Crippen LogP contribution in [0.3, 0.4) is 0 Å². The number of aliphatic hydroxyl groups excluding tert-OH is 1. The molecule has 0 unspecified atom stereocenters. The Morgan fingerprint density at radius 1 is 1.56 bits per heavy atom. The van der Waals surface area contributed by atoms with Gasteiger partial charge in [0.25, 0.3) is 0 Å². The molecule has 0 heterocycles. The molecule has 0 radical (unpaired) electrons. The molecule has 0 saturated heterocycles. The minimum atomic E-state index is -0.588. The molecule has 1 aromatic carbocycles. The van der Waals surface area contributed by atoms with E-state index >= 15 is 0 Å². The predicted octanol–water partition coefficient (Wildman–Crippen LogP) is 1.90. The van der Waals surface area contributed by atoms with Crippen LogP contribution in [-0.2, 0) is 0 Å². The van der Waals surface area contributed by atoms with E-state index in [1.54, 1.807) is 12.1 Å². The van der Waals surface area contributed by atoms with Crippen molar-refractivity contribution >= 4 is 11.4 Å². The third kappa shape index (κ3) is 2.96. The molecule has 0 amide bonds. The van der Waals surface area contributed by atoms with Crippen LogP contribution in [0.1, 0.15) is 19.4 Å². The molecule has 1 aromatic rings. The van der Waals surface area contributed by atoms with Gasteiger partial charge in [0, 0.05) is 0 Å². The van der Waals surface area contributed by atoms with Crippen LogP contribution >= 0.6 is 0 Å². The van der Waals surface area contributed by atoms with E-state index in [0.717, 1.165) is 0 Å². The van der Waals surface area contributed by atoms with Gasteiger partial charge in [-0.1, -0.05) is 19.9 Å². The third-order valence-electron chi connectivity index (χ3n) is 2.68. The molecule has 0 bridgehead atoms. The predicted molar refractivity (Wildman–Crippen MR) is 67.1 cm³/mol. The molecule has 0 aliphatic rings. The van der Waals surface area contributed by atoms with E-state index in [1.165, 1.54) is 12.1 Å². The van der Waals surface area contributed by atoms with Crippen molar-refractivity contribution in [3.63, 3.8) is 0 Å². The normalized spacial score (nSPS) is 11.9. The topological polar surface area (TPSA) is 99.2 Å². The monoisotopic (exact) mass is 249 g/mol. The maximum Gasteiger partial charge on any atom is 0.309 e. The number of anilines is 1. The molecule has 1 rings (SSSR count). The summed E-state index contributed by atoms with van der Waals surface area (Å²) in [7, 11) is 0. The van der Waals surface area contributed by atoms with Crippen molar-refractivity contribution < 1.29 is 10.0 Å². The highest BCUT2D eigenvalue weighted by atomic mass is 16.6. The molecule has 0 aromatic heterocycles. The Hall–Kier alpha value is -2.13. The third-order valence-corrected chi connectivity index (χ3v) is 2.68. The number of nitro benzene ring substituents is 1. The largest absolute Gasteiger partial charge is 0.394 e. The number of hydrogen-bond acceptors (Lipinski definition) is 5. The van der Waals surface area contributed by atoms with E-state index in [-0.39, 0.29) is 35.5 Å². The first-order valence-electron chi connectivity index (χ1n) is 5.56. The fourth-order valence-electron chi connectivity index (χ4n) is 1.57. The van der Waals surface area contributed by atoms with E-state index in [0.29, 0.717) is 0 Å². The van der Waals surface area contributed by atoms with Crippen LogP contribution in [0.15, 0.2) is 18.2 Å².